The highest BCUT2D eigenvalue weighted by molar-refractivity contribution is 9.10. The van der Waals surface area contributed by atoms with Crippen LogP contribution >= 0.6 is 15.9 Å². The van der Waals surface area contributed by atoms with E-state index in [0.29, 0.717) is 11.3 Å². The van der Waals surface area contributed by atoms with E-state index >= 15 is 0 Å². The van der Waals surface area contributed by atoms with Gasteiger partial charge in [0.25, 0.3) is 5.91 Å². The van der Waals surface area contributed by atoms with Crippen molar-refractivity contribution in [3.8, 4) is 0 Å². The van der Waals surface area contributed by atoms with Crippen molar-refractivity contribution in [1.82, 2.24) is 10.4 Å². The average molecular weight is 504 g/mol. The van der Waals surface area contributed by atoms with Crippen LogP contribution in [-0.4, -0.2) is 35.3 Å². The molecule has 0 aliphatic carbocycles. The molecule has 0 saturated carbocycles. The predicted molar refractivity (Wildman–Crippen MR) is 123 cm³/mol. The number of rotatable bonds is 5. The van der Waals surface area contributed by atoms with Gasteiger partial charge >= 0.3 is 12.2 Å². The molecule has 1 unspecified atom stereocenters. The van der Waals surface area contributed by atoms with Crippen LogP contribution in [0.4, 0.5) is 15.3 Å². The number of anilines is 1. The molecule has 2 N–H and O–H groups in total. The van der Waals surface area contributed by atoms with E-state index in [-0.39, 0.29) is 6.42 Å². The Balaban J connectivity index is 2.15. The monoisotopic (exact) mass is 503 g/mol. The number of hydrazine groups is 1. The van der Waals surface area contributed by atoms with Crippen molar-refractivity contribution in [2.45, 2.75) is 51.9 Å². The van der Waals surface area contributed by atoms with E-state index in [1.807, 2.05) is 24.3 Å². The summed E-state index contributed by atoms with van der Waals surface area (Å²) < 4.78 is 11.5. The topological polar surface area (TPSA) is 97.0 Å². The van der Waals surface area contributed by atoms with E-state index in [9.17, 15) is 14.4 Å². The number of ether oxygens (including phenoxy) is 2. The van der Waals surface area contributed by atoms with Gasteiger partial charge in [-0.05, 0) is 51.5 Å². The second kappa shape index (κ2) is 9.60. The molecule has 2 aromatic carbocycles. The first kappa shape index (κ1) is 23.6. The Kier molecular flexibility index (Phi) is 7.08. The summed E-state index contributed by atoms with van der Waals surface area (Å²) in [7, 11) is 0. The highest BCUT2D eigenvalue weighted by Gasteiger charge is 2.55. The fraction of sp³-hybridized carbons (Fsp3) is 0.348. The van der Waals surface area contributed by atoms with Gasteiger partial charge in [0.2, 0.25) is 0 Å². The standard InChI is InChI=1S/C23H26BrN3O5/c1-14(2)31-21(29)26-27(22(30)32-15(3)4)23(13-16-9-11-17(24)12-10-16)18-7-5-6-8-19(18)25-20(23)28/h5-12,14-15H,13H2,1-4H3,(H,25,28)(H,26,29). The zero-order chi connectivity index (χ0) is 23.5. The molecule has 3 amide bonds. The van der Waals surface area contributed by atoms with Gasteiger partial charge in [-0.15, -0.1) is 0 Å². The van der Waals surface area contributed by atoms with E-state index in [2.05, 4.69) is 26.7 Å². The lowest BCUT2D eigenvalue weighted by Crippen LogP contribution is -2.62. The Morgan fingerprint density at radius 1 is 1.03 bits per heavy atom. The van der Waals surface area contributed by atoms with Crippen LogP contribution in [0.5, 0.6) is 0 Å². The Hall–Kier alpha value is -3.07. The molecule has 1 heterocycles. The van der Waals surface area contributed by atoms with Crippen molar-refractivity contribution in [2.24, 2.45) is 0 Å². The molecule has 9 heteroatoms. The minimum Gasteiger partial charge on any atom is -0.446 e. The number of halogens is 1. The number of nitrogens with zero attached hydrogens (tertiary/aromatic N) is 1. The smallest absolute Gasteiger partial charge is 0.430 e. The Morgan fingerprint density at radius 3 is 2.28 bits per heavy atom. The van der Waals surface area contributed by atoms with Gasteiger partial charge in [-0.3, -0.25) is 4.79 Å². The SMILES string of the molecule is CC(C)OC(=O)NN(C(=O)OC(C)C)C1(Cc2ccc(Br)cc2)C(=O)Nc2ccccc21. The molecule has 0 aromatic heterocycles. The van der Waals surface area contributed by atoms with Crippen molar-refractivity contribution in [3.05, 3.63) is 64.1 Å². The molecular formula is C23H26BrN3O5. The highest BCUT2D eigenvalue weighted by Crippen LogP contribution is 2.42. The Labute approximate surface area is 195 Å². The van der Waals surface area contributed by atoms with Gasteiger partial charge in [0.15, 0.2) is 5.54 Å². The Morgan fingerprint density at radius 2 is 1.66 bits per heavy atom. The minimum atomic E-state index is -1.59. The minimum absolute atomic E-state index is 0.0955. The number of para-hydroxylation sites is 1. The zero-order valence-corrected chi connectivity index (χ0v) is 19.9. The molecule has 170 valence electrons. The molecular weight excluding hydrogens is 478 g/mol. The van der Waals surface area contributed by atoms with Crippen LogP contribution in [0.2, 0.25) is 0 Å². The quantitative estimate of drug-likeness (QED) is 0.574. The van der Waals surface area contributed by atoms with Gasteiger partial charge < -0.3 is 14.8 Å². The van der Waals surface area contributed by atoms with Gasteiger partial charge in [0.1, 0.15) is 0 Å². The predicted octanol–water partition coefficient (Wildman–Crippen LogP) is 4.74. The molecule has 8 nitrogen and oxygen atoms in total. The van der Waals surface area contributed by atoms with Gasteiger partial charge in [-0.25, -0.2) is 15.0 Å². The van der Waals surface area contributed by atoms with Crippen molar-refractivity contribution < 1.29 is 23.9 Å². The molecule has 0 spiro atoms. The summed E-state index contributed by atoms with van der Waals surface area (Å²) in [5.74, 6) is -0.466. The molecule has 1 aliphatic heterocycles. The van der Waals surface area contributed by atoms with E-state index in [0.717, 1.165) is 15.0 Å². The molecule has 32 heavy (non-hydrogen) atoms. The fourth-order valence-electron chi connectivity index (χ4n) is 3.56. The molecule has 1 aliphatic rings. The van der Waals surface area contributed by atoms with E-state index in [4.69, 9.17) is 9.47 Å². The van der Waals surface area contributed by atoms with Gasteiger partial charge in [-0.2, -0.15) is 5.01 Å². The summed E-state index contributed by atoms with van der Waals surface area (Å²) in [6.07, 6.45) is -2.54. The van der Waals surface area contributed by atoms with Gasteiger partial charge in [-0.1, -0.05) is 46.3 Å². The highest BCUT2D eigenvalue weighted by atomic mass is 79.9. The largest absolute Gasteiger partial charge is 0.446 e. The van der Waals surface area contributed by atoms with Gasteiger partial charge in [0.05, 0.1) is 12.2 Å². The van der Waals surface area contributed by atoms with Crippen LogP contribution < -0.4 is 10.7 Å². The first-order valence-corrected chi connectivity index (χ1v) is 11.1. The van der Waals surface area contributed by atoms with E-state index in [1.165, 1.54) is 0 Å². The molecule has 0 radical (unpaired) electrons. The first-order chi connectivity index (χ1) is 15.1. The number of amides is 3. The zero-order valence-electron chi connectivity index (χ0n) is 18.3. The lowest BCUT2D eigenvalue weighted by Gasteiger charge is -2.38. The van der Waals surface area contributed by atoms with Crippen molar-refractivity contribution in [1.29, 1.82) is 0 Å². The third-order valence-corrected chi connectivity index (χ3v) is 5.34. The number of carbonyl (C=O) groups excluding carboxylic acids is 3. The molecule has 0 saturated heterocycles. The number of carbonyl (C=O) groups is 3. The molecule has 2 aromatic rings. The third-order valence-electron chi connectivity index (χ3n) is 4.82. The molecule has 0 bridgehead atoms. The number of nitrogens with one attached hydrogen (secondary N) is 2. The van der Waals surface area contributed by atoms with E-state index < -0.39 is 35.8 Å². The summed E-state index contributed by atoms with van der Waals surface area (Å²) in [5, 5.41) is 3.78. The van der Waals surface area contributed by atoms with Crippen LogP contribution in [0.3, 0.4) is 0 Å². The maximum absolute atomic E-state index is 13.5. The number of fused-ring (bicyclic) bond motifs is 1. The number of hydrogen-bond acceptors (Lipinski definition) is 5. The molecule has 3 rings (SSSR count). The molecule has 0 fully saturated rings. The van der Waals surface area contributed by atoms with Crippen molar-refractivity contribution in [3.63, 3.8) is 0 Å². The van der Waals surface area contributed by atoms with Crippen LogP contribution in [0.15, 0.2) is 53.0 Å². The maximum atomic E-state index is 13.5. The number of hydrogen-bond donors (Lipinski definition) is 2. The van der Waals surface area contributed by atoms with Gasteiger partial charge in [0, 0.05) is 22.1 Å². The normalized spacial score (nSPS) is 17.0. The van der Waals surface area contributed by atoms with Crippen molar-refractivity contribution in [2.75, 3.05) is 5.32 Å². The van der Waals surface area contributed by atoms with E-state index in [1.54, 1.807) is 52.0 Å². The summed E-state index contributed by atoms with van der Waals surface area (Å²) in [6, 6.07) is 14.4. The average Bonchev–Trinajstić information content (AvgIpc) is 2.99. The summed E-state index contributed by atoms with van der Waals surface area (Å²) >= 11 is 3.41. The van der Waals surface area contributed by atoms with Crippen LogP contribution in [0.1, 0.15) is 38.8 Å². The summed E-state index contributed by atoms with van der Waals surface area (Å²) in [5.41, 5.74) is 2.75. The van der Waals surface area contributed by atoms with Crippen LogP contribution in [0.25, 0.3) is 0 Å². The van der Waals surface area contributed by atoms with Crippen LogP contribution in [-0.2, 0) is 26.2 Å². The Bertz CT molecular complexity index is 1010. The van der Waals surface area contributed by atoms with Crippen molar-refractivity contribution >= 4 is 39.7 Å². The van der Waals surface area contributed by atoms with Crippen LogP contribution in [0, 0.1) is 0 Å². The second-order valence-corrected chi connectivity index (χ2v) is 8.91. The molecule has 1 atom stereocenters. The maximum Gasteiger partial charge on any atom is 0.430 e. The third kappa shape index (κ3) is 4.88. The lowest BCUT2D eigenvalue weighted by atomic mass is 9.84. The first-order valence-electron chi connectivity index (χ1n) is 10.3. The fourth-order valence-corrected chi connectivity index (χ4v) is 3.82. The lowest BCUT2D eigenvalue weighted by molar-refractivity contribution is -0.129. The number of benzene rings is 2. The second-order valence-electron chi connectivity index (χ2n) is 8.00. The summed E-state index contributed by atoms with van der Waals surface area (Å²) in [6.45, 7) is 6.75. The summed E-state index contributed by atoms with van der Waals surface area (Å²) in [4.78, 5) is 39.3.